The lowest BCUT2D eigenvalue weighted by Gasteiger charge is -2.30. The van der Waals surface area contributed by atoms with Gasteiger partial charge in [-0.05, 0) is 55.4 Å². The number of nitrogens with one attached hydrogen (secondary N) is 1. The molecule has 1 aromatic heterocycles. The number of hydrogen-bond donors (Lipinski definition) is 1. The zero-order chi connectivity index (χ0) is 13.9. The Morgan fingerprint density at radius 2 is 2.00 bits per heavy atom. The summed E-state index contributed by atoms with van der Waals surface area (Å²) < 4.78 is 0. The summed E-state index contributed by atoms with van der Waals surface area (Å²) in [7, 11) is 0. The third-order valence-electron chi connectivity index (χ3n) is 4.65. The number of thiophene rings is 1. The van der Waals surface area contributed by atoms with Crippen LogP contribution in [0.15, 0.2) is 17.5 Å². The minimum absolute atomic E-state index is 0.480. The molecule has 0 aliphatic heterocycles. The van der Waals surface area contributed by atoms with Crippen LogP contribution in [0, 0.1) is 11.3 Å². The van der Waals surface area contributed by atoms with E-state index in [9.17, 15) is 0 Å². The molecule has 0 aromatic carbocycles. The van der Waals surface area contributed by atoms with E-state index in [2.05, 4.69) is 50.5 Å². The van der Waals surface area contributed by atoms with Gasteiger partial charge in [-0.25, -0.2) is 0 Å². The molecular formula is C17H29NS. The third-order valence-corrected chi connectivity index (χ3v) is 5.70. The molecular weight excluding hydrogens is 250 g/mol. The van der Waals surface area contributed by atoms with Crippen LogP contribution in [0.4, 0.5) is 0 Å². The quantitative estimate of drug-likeness (QED) is 0.731. The molecule has 1 fully saturated rings. The van der Waals surface area contributed by atoms with Crippen molar-refractivity contribution < 1.29 is 0 Å². The van der Waals surface area contributed by atoms with Gasteiger partial charge in [-0.15, -0.1) is 11.3 Å². The van der Waals surface area contributed by atoms with E-state index in [4.69, 9.17) is 0 Å². The lowest BCUT2D eigenvalue weighted by Crippen LogP contribution is -2.31. The average molecular weight is 279 g/mol. The molecule has 1 N–H and O–H groups in total. The maximum Gasteiger partial charge on any atom is 0.0388 e. The van der Waals surface area contributed by atoms with E-state index >= 15 is 0 Å². The van der Waals surface area contributed by atoms with Crippen molar-refractivity contribution in [2.45, 2.75) is 71.9 Å². The van der Waals surface area contributed by atoms with Gasteiger partial charge in [0, 0.05) is 17.0 Å². The molecule has 0 amide bonds. The Bertz CT molecular complexity index is 363. The van der Waals surface area contributed by atoms with Gasteiger partial charge in [-0.3, -0.25) is 0 Å². The van der Waals surface area contributed by atoms with Crippen LogP contribution < -0.4 is 5.32 Å². The minimum Gasteiger partial charge on any atom is -0.307 e. The maximum atomic E-state index is 3.84. The van der Waals surface area contributed by atoms with Crippen LogP contribution in [-0.2, 0) is 0 Å². The molecule has 2 unspecified atom stereocenters. The SMILES string of the molecule is C[C@H](NC1CCCC(C(C)(C)C)CC1)c1cccs1. The average Bonchev–Trinajstić information content (AvgIpc) is 2.75. The molecule has 19 heavy (non-hydrogen) atoms. The Hall–Kier alpha value is -0.340. The van der Waals surface area contributed by atoms with E-state index in [1.165, 1.54) is 37.0 Å². The van der Waals surface area contributed by atoms with Crippen LogP contribution in [0.25, 0.3) is 0 Å². The monoisotopic (exact) mass is 279 g/mol. The molecule has 1 aromatic rings. The molecule has 0 saturated heterocycles. The lowest BCUT2D eigenvalue weighted by atomic mass is 9.76. The molecule has 108 valence electrons. The van der Waals surface area contributed by atoms with Crippen molar-refractivity contribution in [1.82, 2.24) is 5.32 Å². The molecule has 0 spiro atoms. The molecule has 1 saturated carbocycles. The Labute approximate surface area is 122 Å². The Balaban J connectivity index is 1.86. The Morgan fingerprint density at radius 3 is 2.63 bits per heavy atom. The predicted octanol–water partition coefficient (Wildman–Crippen LogP) is 5.39. The third kappa shape index (κ3) is 4.32. The standard InChI is InChI=1S/C17H29NS/c1-13(16-9-6-12-19-16)18-15-8-5-7-14(10-11-15)17(2,3)4/h6,9,12-15,18H,5,7-8,10-11H2,1-4H3/t13-,14?,15?/m0/s1. The minimum atomic E-state index is 0.480. The normalized spacial score (nSPS) is 26.9. The topological polar surface area (TPSA) is 12.0 Å². The van der Waals surface area contributed by atoms with Crippen LogP contribution in [0.3, 0.4) is 0 Å². The van der Waals surface area contributed by atoms with E-state index < -0.39 is 0 Å². The Morgan fingerprint density at radius 1 is 1.21 bits per heavy atom. The van der Waals surface area contributed by atoms with Gasteiger partial charge in [0.25, 0.3) is 0 Å². The largest absolute Gasteiger partial charge is 0.307 e. The van der Waals surface area contributed by atoms with E-state index in [0.29, 0.717) is 17.5 Å². The van der Waals surface area contributed by atoms with Crippen LogP contribution in [-0.4, -0.2) is 6.04 Å². The highest BCUT2D eigenvalue weighted by molar-refractivity contribution is 7.10. The fraction of sp³-hybridized carbons (Fsp3) is 0.765. The summed E-state index contributed by atoms with van der Waals surface area (Å²) >= 11 is 1.87. The van der Waals surface area contributed by atoms with E-state index in [1.807, 2.05) is 11.3 Å². The number of rotatable bonds is 3. The van der Waals surface area contributed by atoms with Gasteiger partial charge in [-0.1, -0.05) is 33.3 Å². The van der Waals surface area contributed by atoms with Crippen molar-refractivity contribution in [2.24, 2.45) is 11.3 Å². The van der Waals surface area contributed by atoms with Gasteiger partial charge >= 0.3 is 0 Å². The smallest absolute Gasteiger partial charge is 0.0388 e. The highest BCUT2D eigenvalue weighted by Gasteiger charge is 2.28. The fourth-order valence-corrected chi connectivity index (χ4v) is 4.05. The zero-order valence-corrected chi connectivity index (χ0v) is 13.7. The predicted molar refractivity (Wildman–Crippen MR) is 85.7 cm³/mol. The molecule has 0 bridgehead atoms. The molecule has 3 atom stereocenters. The summed E-state index contributed by atoms with van der Waals surface area (Å²) in [5.74, 6) is 0.899. The summed E-state index contributed by atoms with van der Waals surface area (Å²) in [5, 5.41) is 6.02. The first-order valence-corrected chi connectivity index (χ1v) is 8.64. The Kier molecular flexibility index (Phi) is 5.08. The first-order chi connectivity index (χ1) is 8.97. The van der Waals surface area contributed by atoms with Gasteiger partial charge in [0.1, 0.15) is 0 Å². The molecule has 1 nitrogen and oxygen atoms in total. The number of hydrogen-bond acceptors (Lipinski definition) is 2. The van der Waals surface area contributed by atoms with E-state index in [1.54, 1.807) is 0 Å². The summed E-state index contributed by atoms with van der Waals surface area (Å²) in [4.78, 5) is 1.47. The highest BCUT2D eigenvalue weighted by Crippen LogP contribution is 2.37. The van der Waals surface area contributed by atoms with Gasteiger partial charge in [-0.2, -0.15) is 0 Å². The highest BCUT2D eigenvalue weighted by atomic mass is 32.1. The summed E-state index contributed by atoms with van der Waals surface area (Å²) in [6.07, 6.45) is 6.88. The molecule has 2 rings (SSSR count). The van der Waals surface area contributed by atoms with Crippen LogP contribution in [0.5, 0.6) is 0 Å². The van der Waals surface area contributed by atoms with Crippen molar-refractivity contribution >= 4 is 11.3 Å². The van der Waals surface area contributed by atoms with Crippen molar-refractivity contribution in [3.8, 4) is 0 Å². The van der Waals surface area contributed by atoms with Crippen molar-refractivity contribution in [3.63, 3.8) is 0 Å². The molecule has 1 heterocycles. The lowest BCUT2D eigenvalue weighted by molar-refractivity contribution is 0.213. The second kappa shape index (κ2) is 6.41. The van der Waals surface area contributed by atoms with Crippen molar-refractivity contribution in [3.05, 3.63) is 22.4 Å². The maximum absolute atomic E-state index is 3.84. The zero-order valence-electron chi connectivity index (χ0n) is 12.9. The van der Waals surface area contributed by atoms with Crippen LogP contribution >= 0.6 is 11.3 Å². The van der Waals surface area contributed by atoms with E-state index in [-0.39, 0.29) is 0 Å². The first kappa shape index (κ1) is 15.1. The summed E-state index contributed by atoms with van der Waals surface area (Å²) in [6, 6.07) is 5.62. The van der Waals surface area contributed by atoms with Crippen molar-refractivity contribution in [1.29, 1.82) is 0 Å². The second-order valence-electron chi connectivity index (χ2n) is 7.17. The summed E-state index contributed by atoms with van der Waals surface area (Å²) in [6.45, 7) is 9.51. The van der Waals surface area contributed by atoms with E-state index in [0.717, 1.165) is 5.92 Å². The molecule has 1 aliphatic carbocycles. The van der Waals surface area contributed by atoms with Gasteiger partial charge in [0.15, 0.2) is 0 Å². The second-order valence-corrected chi connectivity index (χ2v) is 8.15. The fourth-order valence-electron chi connectivity index (χ4n) is 3.31. The van der Waals surface area contributed by atoms with Crippen molar-refractivity contribution in [2.75, 3.05) is 0 Å². The first-order valence-electron chi connectivity index (χ1n) is 7.76. The van der Waals surface area contributed by atoms with Gasteiger partial charge in [0.05, 0.1) is 0 Å². The van der Waals surface area contributed by atoms with Gasteiger partial charge < -0.3 is 5.32 Å². The summed E-state index contributed by atoms with van der Waals surface area (Å²) in [5.41, 5.74) is 0.480. The molecule has 2 heteroatoms. The molecule has 0 radical (unpaired) electrons. The van der Waals surface area contributed by atoms with Gasteiger partial charge in [0.2, 0.25) is 0 Å². The van der Waals surface area contributed by atoms with Crippen LogP contribution in [0.1, 0.15) is 70.7 Å². The van der Waals surface area contributed by atoms with Crippen LogP contribution in [0.2, 0.25) is 0 Å². The molecule has 1 aliphatic rings.